The second-order valence-electron chi connectivity index (χ2n) is 8.65. The number of carbonyl (C=O) groups excluding carboxylic acids is 1. The number of fused-ring (bicyclic) bond motifs is 1. The van der Waals surface area contributed by atoms with Crippen LogP contribution in [-0.2, 0) is 13.2 Å². The number of H-pyrrole nitrogens is 1. The van der Waals surface area contributed by atoms with Crippen LogP contribution in [0.5, 0.6) is 0 Å². The first kappa shape index (κ1) is 24.3. The highest BCUT2D eigenvalue weighted by molar-refractivity contribution is 6.12. The Morgan fingerprint density at radius 3 is 2.46 bits per heavy atom. The van der Waals surface area contributed by atoms with E-state index < -0.39 is 23.8 Å². The Morgan fingerprint density at radius 1 is 1.05 bits per heavy atom. The molecule has 1 atom stereocenters. The molecular formula is C27H22F3N5O2. The maximum atomic E-state index is 13.7. The number of hydrogen-bond acceptors (Lipinski definition) is 4. The monoisotopic (exact) mass is 505 g/mol. The molecule has 188 valence electrons. The van der Waals surface area contributed by atoms with Crippen LogP contribution >= 0.6 is 0 Å². The number of aromatic nitrogens is 4. The molecule has 37 heavy (non-hydrogen) atoms. The summed E-state index contributed by atoms with van der Waals surface area (Å²) >= 11 is 0. The Labute approximate surface area is 209 Å². The standard InChI is InChI=1S/C27H22F3N5O2/c1-15(36)23-19-10-9-18(16-6-4-3-5-7-16)24(25(19)33-32-23)31-26(37)17-8-11-21(27(28,29)30)20(14-17)22-12-13-35(2)34-22/h3-15,36H,1-2H3,(H,31,37)(H,32,33)/t15-/m0/s1. The van der Waals surface area contributed by atoms with Crippen molar-refractivity contribution in [2.45, 2.75) is 19.2 Å². The van der Waals surface area contributed by atoms with Crippen LogP contribution in [-0.4, -0.2) is 31.0 Å². The summed E-state index contributed by atoms with van der Waals surface area (Å²) in [6.07, 6.45) is -3.92. The van der Waals surface area contributed by atoms with Crippen LogP contribution < -0.4 is 5.32 Å². The van der Waals surface area contributed by atoms with Crippen molar-refractivity contribution < 1.29 is 23.1 Å². The zero-order valence-electron chi connectivity index (χ0n) is 19.8. The van der Waals surface area contributed by atoms with Crippen molar-refractivity contribution >= 4 is 22.5 Å². The fourth-order valence-electron chi connectivity index (χ4n) is 4.29. The van der Waals surface area contributed by atoms with Gasteiger partial charge in [0, 0.05) is 35.3 Å². The summed E-state index contributed by atoms with van der Waals surface area (Å²) in [4.78, 5) is 13.4. The molecule has 7 nitrogen and oxygen atoms in total. The summed E-state index contributed by atoms with van der Waals surface area (Å²) in [5.74, 6) is -0.614. The number of halogens is 3. The molecule has 5 rings (SSSR count). The van der Waals surface area contributed by atoms with Crippen molar-refractivity contribution in [3.05, 3.63) is 89.7 Å². The summed E-state index contributed by atoms with van der Waals surface area (Å²) < 4.78 is 42.6. The number of alkyl halides is 3. The maximum Gasteiger partial charge on any atom is 0.417 e. The number of rotatable bonds is 5. The van der Waals surface area contributed by atoms with Gasteiger partial charge in [0.15, 0.2) is 0 Å². The topological polar surface area (TPSA) is 95.8 Å². The number of aliphatic hydroxyl groups excluding tert-OH is 1. The number of benzene rings is 3. The van der Waals surface area contributed by atoms with Crippen LogP contribution in [0.15, 0.2) is 72.9 Å². The molecule has 0 aliphatic rings. The predicted molar refractivity (Wildman–Crippen MR) is 134 cm³/mol. The SMILES string of the molecule is C[C@H](O)c1[nH]nc2c(NC(=O)c3ccc(C(F)(F)F)c(-c4ccn(C)n4)c3)c(-c3ccccc3)ccc12. The summed E-state index contributed by atoms with van der Waals surface area (Å²) in [6.45, 7) is 1.59. The molecule has 0 aliphatic carbocycles. The molecule has 0 bridgehead atoms. The predicted octanol–water partition coefficient (Wildman–Crippen LogP) is 5.95. The molecule has 2 aromatic heterocycles. The van der Waals surface area contributed by atoms with Gasteiger partial charge in [-0.25, -0.2) is 0 Å². The fourth-order valence-corrected chi connectivity index (χ4v) is 4.29. The number of anilines is 1. The number of aromatic amines is 1. The van der Waals surface area contributed by atoms with E-state index in [1.54, 1.807) is 26.1 Å². The van der Waals surface area contributed by atoms with E-state index >= 15 is 0 Å². The van der Waals surface area contributed by atoms with E-state index in [1.165, 1.54) is 23.0 Å². The Balaban J connectivity index is 1.62. The van der Waals surface area contributed by atoms with Crippen LogP contribution in [0.25, 0.3) is 33.3 Å². The molecule has 2 heterocycles. The molecule has 0 radical (unpaired) electrons. The van der Waals surface area contributed by atoms with Crippen LogP contribution in [0.1, 0.15) is 34.6 Å². The van der Waals surface area contributed by atoms with Crippen LogP contribution in [0, 0.1) is 0 Å². The highest BCUT2D eigenvalue weighted by Gasteiger charge is 2.34. The molecule has 1 amide bonds. The molecule has 3 aromatic carbocycles. The lowest BCUT2D eigenvalue weighted by Crippen LogP contribution is -2.15. The van der Waals surface area contributed by atoms with Gasteiger partial charge < -0.3 is 10.4 Å². The Hall–Kier alpha value is -4.44. The molecule has 5 aromatic rings. The zero-order chi connectivity index (χ0) is 26.3. The van der Waals surface area contributed by atoms with E-state index in [0.717, 1.165) is 17.7 Å². The third-order valence-corrected chi connectivity index (χ3v) is 6.07. The van der Waals surface area contributed by atoms with Crippen LogP contribution in [0.3, 0.4) is 0 Å². The number of amides is 1. The molecule has 3 N–H and O–H groups in total. The van der Waals surface area contributed by atoms with Crippen molar-refractivity contribution in [2.24, 2.45) is 7.05 Å². The number of nitrogens with zero attached hydrogens (tertiary/aromatic N) is 3. The maximum absolute atomic E-state index is 13.7. The molecule has 10 heteroatoms. The third-order valence-electron chi connectivity index (χ3n) is 6.07. The van der Waals surface area contributed by atoms with E-state index in [0.29, 0.717) is 27.8 Å². The van der Waals surface area contributed by atoms with Gasteiger partial charge in [-0.3, -0.25) is 14.6 Å². The summed E-state index contributed by atoms with van der Waals surface area (Å²) in [5, 5.41) is 24.8. The number of aryl methyl sites for hydroxylation is 1. The van der Waals surface area contributed by atoms with Gasteiger partial charge in [0.2, 0.25) is 0 Å². The van der Waals surface area contributed by atoms with E-state index in [9.17, 15) is 23.1 Å². The normalized spacial score (nSPS) is 12.6. The zero-order valence-corrected chi connectivity index (χ0v) is 19.8. The second-order valence-corrected chi connectivity index (χ2v) is 8.65. The van der Waals surface area contributed by atoms with Crippen LogP contribution in [0.2, 0.25) is 0 Å². The minimum Gasteiger partial charge on any atom is -0.387 e. The van der Waals surface area contributed by atoms with Crippen molar-refractivity contribution in [3.8, 4) is 22.4 Å². The first-order valence-electron chi connectivity index (χ1n) is 11.4. The lowest BCUT2D eigenvalue weighted by molar-refractivity contribution is -0.137. The Kier molecular flexibility index (Phi) is 6.04. The smallest absolute Gasteiger partial charge is 0.387 e. The van der Waals surface area contributed by atoms with E-state index in [4.69, 9.17) is 0 Å². The average molecular weight is 506 g/mol. The van der Waals surface area contributed by atoms with E-state index in [2.05, 4.69) is 20.6 Å². The third kappa shape index (κ3) is 4.58. The molecule has 0 fully saturated rings. The molecule has 0 unspecified atom stereocenters. The first-order chi connectivity index (χ1) is 17.6. The number of hydrogen-bond donors (Lipinski definition) is 3. The van der Waals surface area contributed by atoms with Gasteiger partial charge in [-0.15, -0.1) is 0 Å². The number of aliphatic hydroxyl groups is 1. The Morgan fingerprint density at radius 2 is 1.81 bits per heavy atom. The molecular weight excluding hydrogens is 483 g/mol. The molecule has 0 saturated carbocycles. The van der Waals surface area contributed by atoms with Crippen molar-refractivity contribution in [1.82, 2.24) is 20.0 Å². The van der Waals surface area contributed by atoms with E-state index in [1.807, 2.05) is 30.3 Å². The summed E-state index contributed by atoms with van der Waals surface area (Å²) in [5.41, 5.74) is 1.80. The van der Waals surface area contributed by atoms with Gasteiger partial charge in [0.05, 0.1) is 28.7 Å². The van der Waals surface area contributed by atoms with Crippen molar-refractivity contribution in [1.29, 1.82) is 0 Å². The van der Waals surface area contributed by atoms with Gasteiger partial charge in [0.1, 0.15) is 5.52 Å². The highest BCUT2D eigenvalue weighted by Crippen LogP contribution is 2.39. The number of carbonyl (C=O) groups is 1. The minimum atomic E-state index is -4.62. The fraction of sp³-hybridized carbons (Fsp3) is 0.148. The van der Waals surface area contributed by atoms with Gasteiger partial charge >= 0.3 is 6.18 Å². The van der Waals surface area contributed by atoms with Gasteiger partial charge in [-0.05, 0) is 36.8 Å². The van der Waals surface area contributed by atoms with E-state index in [-0.39, 0.29) is 16.8 Å². The van der Waals surface area contributed by atoms with Crippen molar-refractivity contribution in [2.75, 3.05) is 5.32 Å². The minimum absolute atomic E-state index is 0.0240. The van der Waals surface area contributed by atoms with Gasteiger partial charge in [-0.1, -0.05) is 42.5 Å². The van der Waals surface area contributed by atoms with Gasteiger partial charge in [-0.2, -0.15) is 23.4 Å². The lowest BCUT2D eigenvalue weighted by Gasteiger charge is -2.15. The largest absolute Gasteiger partial charge is 0.417 e. The first-order valence-corrected chi connectivity index (χ1v) is 11.4. The number of nitrogens with one attached hydrogen (secondary N) is 2. The molecule has 0 saturated heterocycles. The molecule has 0 aliphatic heterocycles. The van der Waals surface area contributed by atoms with Crippen LogP contribution in [0.4, 0.5) is 18.9 Å². The lowest BCUT2D eigenvalue weighted by atomic mass is 9.98. The Bertz CT molecular complexity index is 1600. The average Bonchev–Trinajstić information content (AvgIpc) is 3.50. The quantitative estimate of drug-likeness (QED) is 0.275. The van der Waals surface area contributed by atoms with Gasteiger partial charge in [0.25, 0.3) is 5.91 Å². The summed E-state index contributed by atoms with van der Waals surface area (Å²) in [6, 6.07) is 17.6. The second kappa shape index (κ2) is 9.21. The summed E-state index contributed by atoms with van der Waals surface area (Å²) in [7, 11) is 1.60. The van der Waals surface area contributed by atoms with Crippen molar-refractivity contribution in [3.63, 3.8) is 0 Å². The highest BCUT2D eigenvalue weighted by atomic mass is 19.4. The molecule has 0 spiro atoms.